The molecule has 5 aromatic rings. The van der Waals surface area contributed by atoms with Gasteiger partial charge >= 0.3 is 0 Å². The number of imide groups is 1. The number of halogens is 2. The number of ketones is 2. The second-order valence-electron chi connectivity index (χ2n) is 9.21. The molecule has 0 atom stereocenters. The van der Waals surface area contributed by atoms with Gasteiger partial charge in [-0.1, -0.05) is 62.2 Å². The lowest BCUT2D eigenvalue weighted by atomic mass is 9.98. The zero-order valence-corrected chi connectivity index (χ0v) is 22.5. The summed E-state index contributed by atoms with van der Waals surface area (Å²) in [5, 5.41) is 2.32. The molecule has 0 saturated heterocycles. The van der Waals surface area contributed by atoms with E-state index < -0.39 is 17.7 Å². The summed E-state index contributed by atoms with van der Waals surface area (Å²) in [5.41, 5.74) is 2.30. The van der Waals surface area contributed by atoms with Gasteiger partial charge in [0.1, 0.15) is 5.92 Å². The first-order valence-corrected chi connectivity index (χ1v) is 13.3. The molecule has 1 aliphatic heterocycles. The largest absolute Gasteiger partial charge is 0.293 e. The van der Waals surface area contributed by atoms with Crippen molar-refractivity contribution < 1.29 is 19.2 Å². The van der Waals surface area contributed by atoms with Gasteiger partial charge in [-0.3, -0.25) is 19.2 Å². The van der Waals surface area contributed by atoms with Crippen molar-refractivity contribution in [1.29, 1.82) is 0 Å². The Morgan fingerprint density at radius 3 is 1.79 bits per heavy atom. The van der Waals surface area contributed by atoms with Crippen LogP contribution in [0.5, 0.6) is 0 Å². The standard InChI is InChI=1S/C30H14Br2N2O4/c31-21-9-10-22(32)18-13-20-19(12-17(18)21)27(35)25(28(20)36)23-11-8-14-4-3-7-24(26(14)33-23)34-29(37)15-5-1-2-6-16(15)30(34)38/h1-13,25H. The normalized spacial score (nSPS) is 15.2. The highest BCUT2D eigenvalue weighted by atomic mass is 79.9. The van der Waals surface area contributed by atoms with Gasteiger partial charge in [-0.05, 0) is 59.3 Å². The predicted molar refractivity (Wildman–Crippen MR) is 150 cm³/mol. The van der Waals surface area contributed by atoms with Crippen LogP contribution in [0.25, 0.3) is 21.7 Å². The summed E-state index contributed by atoms with van der Waals surface area (Å²) in [6, 6.07) is 22.5. The third-order valence-electron chi connectivity index (χ3n) is 7.15. The van der Waals surface area contributed by atoms with Gasteiger partial charge in [0.25, 0.3) is 11.8 Å². The van der Waals surface area contributed by atoms with Crippen LogP contribution in [0.4, 0.5) is 5.69 Å². The molecule has 0 bridgehead atoms. The van der Waals surface area contributed by atoms with Gasteiger partial charge < -0.3 is 0 Å². The van der Waals surface area contributed by atoms with Gasteiger partial charge in [0.15, 0.2) is 11.6 Å². The van der Waals surface area contributed by atoms with E-state index in [0.717, 1.165) is 24.6 Å². The van der Waals surface area contributed by atoms with Gasteiger partial charge in [0.2, 0.25) is 0 Å². The number of para-hydroxylation sites is 1. The number of pyridine rings is 1. The first-order valence-electron chi connectivity index (χ1n) is 11.7. The Bertz CT molecular complexity index is 1850. The molecule has 182 valence electrons. The quantitative estimate of drug-likeness (QED) is 0.158. The molecule has 1 aromatic heterocycles. The minimum atomic E-state index is -1.11. The Balaban J connectivity index is 1.36. The SMILES string of the molecule is O=C1c2cc3c(Br)ccc(Br)c3cc2C(=O)C1c1ccc2cccc(N3C(=O)c4ccccc4C3=O)c2n1. The van der Waals surface area contributed by atoms with Gasteiger partial charge in [-0.25, -0.2) is 9.88 Å². The maximum atomic E-state index is 13.6. The van der Waals surface area contributed by atoms with Crippen LogP contribution in [0.1, 0.15) is 53.0 Å². The van der Waals surface area contributed by atoms with Gasteiger partial charge in [-0.15, -0.1) is 0 Å². The molecular formula is C30H14Br2N2O4. The molecule has 6 nitrogen and oxygen atoms in total. The molecule has 0 unspecified atom stereocenters. The van der Waals surface area contributed by atoms with Crippen LogP contribution < -0.4 is 4.90 Å². The first kappa shape index (κ1) is 23.1. The van der Waals surface area contributed by atoms with Crippen LogP contribution in [0, 0.1) is 0 Å². The summed E-state index contributed by atoms with van der Waals surface area (Å²) in [7, 11) is 0. The summed E-state index contributed by atoms with van der Waals surface area (Å²) < 4.78 is 1.63. The number of anilines is 1. The first-order chi connectivity index (χ1) is 18.3. The molecule has 38 heavy (non-hydrogen) atoms. The fraction of sp³-hybridized carbons (Fsp3) is 0.0333. The number of aromatic nitrogens is 1. The van der Waals surface area contributed by atoms with E-state index in [9.17, 15) is 19.2 Å². The lowest BCUT2D eigenvalue weighted by Gasteiger charge is -2.17. The van der Waals surface area contributed by atoms with E-state index >= 15 is 0 Å². The number of hydrogen-bond acceptors (Lipinski definition) is 5. The number of rotatable bonds is 2. The van der Waals surface area contributed by atoms with Crippen molar-refractivity contribution in [3.05, 3.63) is 116 Å². The van der Waals surface area contributed by atoms with Crippen molar-refractivity contribution in [3.8, 4) is 0 Å². The Kier molecular flexibility index (Phi) is 5.02. The fourth-order valence-electron chi connectivity index (χ4n) is 5.32. The summed E-state index contributed by atoms with van der Waals surface area (Å²) in [6.45, 7) is 0. The fourth-order valence-corrected chi connectivity index (χ4v) is 6.24. The summed E-state index contributed by atoms with van der Waals surface area (Å²) in [5.74, 6) is -2.64. The molecule has 0 fully saturated rings. The number of nitrogens with zero attached hydrogens (tertiary/aromatic N) is 2. The van der Waals surface area contributed by atoms with E-state index in [4.69, 9.17) is 4.98 Å². The number of carbonyl (C=O) groups excluding carboxylic acids is 4. The second kappa shape index (κ2) is 8.24. The summed E-state index contributed by atoms with van der Waals surface area (Å²) in [4.78, 5) is 59.3. The van der Waals surface area contributed by atoms with Crippen molar-refractivity contribution in [1.82, 2.24) is 4.98 Å². The van der Waals surface area contributed by atoms with E-state index in [1.165, 1.54) is 0 Å². The highest BCUT2D eigenvalue weighted by Crippen LogP contribution is 2.40. The smallest absolute Gasteiger partial charge is 0.266 e. The molecule has 7 rings (SSSR count). The second-order valence-corrected chi connectivity index (χ2v) is 10.9. The molecule has 0 radical (unpaired) electrons. The van der Waals surface area contributed by atoms with Crippen molar-refractivity contribution >= 4 is 82.6 Å². The highest BCUT2D eigenvalue weighted by molar-refractivity contribution is 9.11. The number of amides is 2. The van der Waals surface area contributed by atoms with Crippen molar-refractivity contribution in [3.63, 3.8) is 0 Å². The number of Topliss-reactive ketones (excluding diaryl/α,β-unsaturated/α-hetero) is 2. The number of hydrogen-bond donors (Lipinski definition) is 0. The molecule has 0 saturated carbocycles. The Morgan fingerprint density at radius 2 is 1.21 bits per heavy atom. The molecule has 0 spiro atoms. The topological polar surface area (TPSA) is 84.4 Å². The minimum Gasteiger partial charge on any atom is -0.293 e. The number of benzene rings is 4. The molecule has 2 aliphatic rings. The monoisotopic (exact) mass is 624 g/mol. The lowest BCUT2D eigenvalue weighted by Crippen LogP contribution is -2.29. The Labute approximate surface area is 232 Å². The molecule has 8 heteroatoms. The summed E-state index contributed by atoms with van der Waals surface area (Å²) in [6.07, 6.45) is 0. The molecule has 1 aliphatic carbocycles. The van der Waals surface area contributed by atoms with E-state index in [1.807, 2.05) is 18.2 Å². The molecule has 0 N–H and O–H groups in total. The molecule has 2 heterocycles. The lowest BCUT2D eigenvalue weighted by molar-refractivity contribution is 0.0882. The zero-order valence-electron chi connectivity index (χ0n) is 19.4. The van der Waals surface area contributed by atoms with E-state index in [-0.39, 0.29) is 17.3 Å². The summed E-state index contributed by atoms with van der Waals surface area (Å²) >= 11 is 7.07. The van der Waals surface area contributed by atoms with Crippen LogP contribution >= 0.6 is 31.9 Å². The average molecular weight is 626 g/mol. The minimum absolute atomic E-state index is 0.273. The van der Waals surface area contributed by atoms with Crippen LogP contribution in [-0.2, 0) is 0 Å². The maximum absolute atomic E-state index is 13.6. The van der Waals surface area contributed by atoms with Gasteiger partial charge in [0, 0.05) is 25.5 Å². The Hall–Kier alpha value is -4.01. The maximum Gasteiger partial charge on any atom is 0.266 e. The van der Waals surface area contributed by atoms with E-state index in [2.05, 4.69) is 31.9 Å². The van der Waals surface area contributed by atoms with Crippen LogP contribution in [0.3, 0.4) is 0 Å². The number of carbonyl (C=O) groups is 4. The zero-order chi connectivity index (χ0) is 26.3. The van der Waals surface area contributed by atoms with Gasteiger partial charge in [0.05, 0.1) is 28.0 Å². The van der Waals surface area contributed by atoms with E-state index in [1.54, 1.807) is 60.7 Å². The van der Waals surface area contributed by atoms with Crippen molar-refractivity contribution in [2.45, 2.75) is 5.92 Å². The van der Waals surface area contributed by atoms with E-state index in [0.29, 0.717) is 38.8 Å². The third-order valence-corrected chi connectivity index (χ3v) is 8.54. The molecule has 2 amide bonds. The number of fused-ring (bicyclic) bond motifs is 4. The predicted octanol–water partition coefficient (Wildman–Crippen LogP) is 6.88. The van der Waals surface area contributed by atoms with Gasteiger partial charge in [-0.2, -0.15) is 0 Å². The third kappa shape index (κ3) is 3.14. The average Bonchev–Trinajstić information content (AvgIpc) is 3.33. The molecule has 4 aromatic carbocycles. The van der Waals surface area contributed by atoms with Crippen molar-refractivity contribution in [2.75, 3.05) is 4.90 Å². The van der Waals surface area contributed by atoms with Crippen LogP contribution in [0.15, 0.2) is 87.8 Å². The van der Waals surface area contributed by atoms with Crippen molar-refractivity contribution in [2.24, 2.45) is 0 Å². The Morgan fingerprint density at radius 1 is 0.632 bits per heavy atom. The molecular weight excluding hydrogens is 612 g/mol. The highest BCUT2D eigenvalue weighted by Gasteiger charge is 2.42. The van der Waals surface area contributed by atoms with Crippen LogP contribution in [0.2, 0.25) is 0 Å². The van der Waals surface area contributed by atoms with Crippen LogP contribution in [-0.4, -0.2) is 28.4 Å².